The lowest BCUT2D eigenvalue weighted by atomic mass is 10.1. The summed E-state index contributed by atoms with van der Waals surface area (Å²) in [4.78, 5) is 41.3. The molecule has 0 saturated carbocycles. The average molecular weight is 476 g/mol. The first-order valence-corrected chi connectivity index (χ1v) is 11.3. The van der Waals surface area contributed by atoms with Gasteiger partial charge in [0, 0.05) is 41.8 Å². The maximum atomic E-state index is 12.9. The molecule has 2 N–H and O–H groups in total. The van der Waals surface area contributed by atoms with Gasteiger partial charge in [0.25, 0.3) is 5.91 Å². The molecule has 1 aromatic carbocycles. The predicted molar refractivity (Wildman–Crippen MR) is 123 cm³/mol. The third-order valence-corrected chi connectivity index (χ3v) is 6.48. The minimum Gasteiger partial charge on any atom is -0.391 e. The molecule has 32 heavy (non-hydrogen) atoms. The van der Waals surface area contributed by atoms with Crippen LogP contribution in [0.25, 0.3) is 6.08 Å². The molecule has 0 spiro atoms. The molecule has 10 heteroatoms. The van der Waals surface area contributed by atoms with Crippen LogP contribution in [-0.4, -0.2) is 66.2 Å². The Labute approximate surface area is 194 Å². The number of carbonyl (C=O) groups excluding carboxylic acids is 3. The van der Waals surface area contributed by atoms with Crippen molar-refractivity contribution in [2.24, 2.45) is 0 Å². The van der Waals surface area contributed by atoms with Crippen molar-refractivity contribution in [3.8, 4) is 0 Å². The predicted octanol–water partition coefficient (Wildman–Crippen LogP) is 2.38. The smallest absolute Gasteiger partial charge is 0.253 e. The molecule has 2 fully saturated rings. The summed E-state index contributed by atoms with van der Waals surface area (Å²) in [6.45, 7) is 1.10. The molecular weight excluding hydrogens is 454 g/mol. The van der Waals surface area contributed by atoms with Crippen molar-refractivity contribution >= 4 is 58.1 Å². The third-order valence-electron chi connectivity index (χ3n) is 5.28. The van der Waals surface area contributed by atoms with Gasteiger partial charge in [-0.2, -0.15) is 0 Å². The van der Waals surface area contributed by atoms with Crippen molar-refractivity contribution in [1.82, 2.24) is 4.90 Å². The summed E-state index contributed by atoms with van der Waals surface area (Å²) in [6, 6.07) is 9.66. The van der Waals surface area contributed by atoms with Crippen molar-refractivity contribution in [2.75, 3.05) is 36.5 Å². The number of nitrogens with zero attached hydrogens (tertiary/aromatic N) is 2. The number of β-amino-alcohol motifs (C(OH)–C–C–N with tert-alkyl or cyclic N) is 1. The molecule has 3 heterocycles. The Morgan fingerprint density at radius 1 is 1.22 bits per heavy atom. The fraction of sp³-hybridized carbons (Fsp3) is 0.318. The number of aliphatic hydroxyl groups excluding tert-OH is 1. The van der Waals surface area contributed by atoms with Gasteiger partial charge in [0.2, 0.25) is 11.8 Å². The fourth-order valence-electron chi connectivity index (χ4n) is 3.71. The summed E-state index contributed by atoms with van der Waals surface area (Å²) < 4.78 is 5.76. The first kappa shape index (κ1) is 22.5. The number of morpholine rings is 1. The minimum absolute atomic E-state index is 0.0559. The highest BCUT2D eigenvalue weighted by molar-refractivity contribution is 7.17. The van der Waals surface area contributed by atoms with Gasteiger partial charge in [0.15, 0.2) is 0 Å². The van der Waals surface area contributed by atoms with Gasteiger partial charge < -0.3 is 25.0 Å². The highest BCUT2D eigenvalue weighted by atomic mass is 35.5. The van der Waals surface area contributed by atoms with Crippen LogP contribution in [0.4, 0.5) is 11.4 Å². The van der Waals surface area contributed by atoms with Gasteiger partial charge in [-0.3, -0.25) is 14.4 Å². The van der Waals surface area contributed by atoms with Gasteiger partial charge in [-0.1, -0.05) is 11.6 Å². The molecule has 2 aliphatic heterocycles. The van der Waals surface area contributed by atoms with Crippen molar-refractivity contribution in [1.29, 1.82) is 0 Å². The number of likely N-dealkylation sites (tertiary alicyclic amines) is 1. The maximum Gasteiger partial charge on any atom is 0.253 e. The number of carbonyl (C=O) groups is 3. The zero-order valence-electron chi connectivity index (χ0n) is 17.1. The Morgan fingerprint density at radius 3 is 2.69 bits per heavy atom. The number of halogens is 1. The molecule has 0 bridgehead atoms. The number of rotatable bonds is 5. The Bertz CT molecular complexity index is 1040. The Hall–Kier alpha value is -2.72. The SMILES string of the molecule is O=C(Nc1ccc(N2CCOCC2=O)cc1)[C@H]1C[C@@H](O)CN1C(=O)/C=C/c1ccc(Cl)s1. The van der Waals surface area contributed by atoms with Crippen molar-refractivity contribution in [3.63, 3.8) is 0 Å². The lowest BCUT2D eigenvalue weighted by molar-refractivity contribution is -0.132. The number of anilines is 2. The monoisotopic (exact) mass is 475 g/mol. The number of hydrogen-bond acceptors (Lipinski definition) is 6. The number of thiophene rings is 1. The zero-order chi connectivity index (χ0) is 22.7. The Morgan fingerprint density at radius 2 is 2.00 bits per heavy atom. The van der Waals surface area contributed by atoms with Gasteiger partial charge >= 0.3 is 0 Å². The van der Waals surface area contributed by atoms with Crippen LogP contribution in [0, 0.1) is 0 Å². The first-order chi connectivity index (χ1) is 15.4. The van der Waals surface area contributed by atoms with E-state index in [1.165, 1.54) is 22.3 Å². The molecule has 8 nitrogen and oxygen atoms in total. The molecule has 3 amide bonds. The molecule has 2 aliphatic rings. The van der Waals surface area contributed by atoms with Crippen molar-refractivity contribution < 1.29 is 24.2 Å². The van der Waals surface area contributed by atoms with E-state index in [1.807, 2.05) is 0 Å². The van der Waals surface area contributed by atoms with E-state index in [1.54, 1.807) is 47.4 Å². The molecule has 2 aromatic rings. The molecule has 168 valence electrons. The van der Waals surface area contributed by atoms with Crippen molar-refractivity contribution in [2.45, 2.75) is 18.6 Å². The molecule has 0 radical (unpaired) electrons. The summed E-state index contributed by atoms with van der Waals surface area (Å²) in [5, 5.41) is 12.9. The Balaban J connectivity index is 1.40. The third kappa shape index (κ3) is 5.18. The molecular formula is C22H22ClN3O5S. The summed E-state index contributed by atoms with van der Waals surface area (Å²) in [5.41, 5.74) is 1.26. The van der Waals surface area contributed by atoms with Crippen LogP contribution in [0.3, 0.4) is 0 Å². The van der Waals surface area contributed by atoms with Crippen LogP contribution in [0.5, 0.6) is 0 Å². The van der Waals surface area contributed by atoms with Gasteiger partial charge in [0.05, 0.1) is 17.0 Å². The number of aliphatic hydroxyl groups is 1. The molecule has 2 atom stereocenters. The second-order valence-electron chi connectivity index (χ2n) is 7.51. The second kappa shape index (κ2) is 9.83. The normalized spacial score (nSPS) is 21.4. The first-order valence-electron chi connectivity index (χ1n) is 10.1. The summed E-state index contributed by atoms with van der Waals surface area (Å²) in [6.07, 6.45) is 2.42. The van der Waals surface area contributed by atoms with E-state index in [0.717, 1.165) is 10.6 Å². The van der Waals surface area contributed by atoms with Crippen LogP contribution in [0.2, 0.25) is 4.34 Å². The summed E-state index contributed by atoms with van der Waals surface area (Å²) in [5.74, 6) is -0.843. The van der Waals surface area contributed by atoms with E-state index < -0.39 is 12.1 Å². The van der Waals surface area contributed by atoms with Gasteiger partial charge in [-0.15, -0.1) is 11.3 Å². The molecule has 2 saturated heterocycles. The highest BCUT2D eigenvalue weighted by Crippen LogP contribution is 2.25. The molecule has 0 aliphatic carbocycles. The van der Waals surface area contributed by atoms with Gasteiger partial charge in [0.1, 0.15) is 12.6 Å². The number of ether oxygens (including phenoxy) is 1. The lowest BCUT2D eigenvalue weighted by Crippen LogP contribution is -2.42. The van der Waals surface area contributed by atoms with E-state index in [-0.39, 0.29) is 37.3 Å². The number of nitrogens with one attached hydrogen (secondary N) is 1. The van der Waals surface area contributed by atoms with Crippen LogP contribution >= 0.6 is 22.9 Å². The van der Waals surface area contributed by atoms with Crippen LogP contribution < -0.4 is 10.2 Å². The number of hydrogen-bond donors (Lipinski definition) is 2. The maximum absolute atomic E-state index is 12.9. The highest BCUT2D eigenvalue weighted by Gasteiger charge is 2.38. The molecule has 4 rings (SSSR count). The van der Waals surface area contributed by atoms with E-state index >= 15 is 0 Å². The fourth-order valence-corrected chi connectivity index (χ4v) is 4.68. The number of benzene rings is 1. The van der Waals surface area contributed by atoms with Crippen molar-refractivity contribution in [3.05, 3.63) is 51.7 Å². The average Bonchev–Trinajstić information content (AvgIpc) is 3.38. The van der Waals surface area contributed by atoms with E-state index in [4.69, 9.17) is 16.3 Å². The van der Waals surface area contributed by atoms with E-state index in [9.17, 15) is 19.5 Å². The van der Waals surface area contributed by atoms with Crippen LogP contribution in [0.1, 0.15) is 11.3 Å². The van der Waals surface area contributed by atoms with Gasteiger partial charge in [-0.25, -0.2) is 0 Å². The Kier molecular flexibility index (Phi) is 6.90. The van der Waals surface area contributed by atoms with E-state index in [2.05, 4.69) is 5.32 Å². The quantitative estimate of drug-likeness (QED) is 0.647. The largest absolute Gasteiger partial charge is 0.391 e. The summed E-state index contributed by atoms with van der Waals surface area (Å²) in [7, 11) is 0. The minimum atomic E-state index is -0.783. The lowest BCUT2D eigenvalue weighted by Gasteiger charge is -2.27. The molecule has 1 aromatic heterocycles. The van der Waals surface area contributed by atoms with Crippen LogP contribution in [0.15, 0.2) is 42.5 Å². The summed E-state index contributed by atoms with van der Waals surface area (Å²) >= 11 is 7.24. The van der Waals surface area contributed by atoms with Gasteiger partial charge in [-0.05, 0) is 42.5 Å². The number of amides is 3. The zero-order valence-corrected chi connectivity index (χ0v) is 18.6. The van der Waals surface area contributed by atoms with Crippen LogP contribution in [-0.2, 0) is 19.1 Å². The standard InChI is InChI=1S/C22H22ClN3O5S/c23-19-7-5-17(32-19)6-8-20(28)26-12-16(27)11-18(26)22(30)24-14-1-3-15(4-2-14)25-9-10-31-13-21(25)29/h1-8,16,18,27H,9-13H2,(H,24,30)/b8-6+/t16-,18-/m1/s1. The topological polar surface area (TPSA) is 99.2 Å². The second-order valence-corrected chi connectivity index (χ2v) is 9.25. The van der Waals surface area contributed by atoms with E-state index in [0.29, 0.717) is 23.2 Å². The molecule has 0 unspecified atom stereocenters.